The molecule has 4 rings (SSSR count). The predicted molar refractivity (Wildman–Crippen MR) is 108 cm³/mol. The van der Waals surface area contributed by atoms with Crippen LogP contribution in [0.5, 0.6) is 0 Å². The minimum absolute atomic E-state index is 0.314. The predicted octanol–water partition coefficient (Wildman–Crippen LogP) is 7.20. The quantitative estimate of drug-likeness (QED) is 0.454. The van der Waals surface area contributed by atoms with Crippen molar-refractivity contribution in [1.82, 2.24) is 4.57 Å². The van der Waals surface area contributed by atoms with Crippen molar-refractivity contribution in [2.45, 2.75) is 40.0 Å². The normalized spacial score (nSPS) is 17.3. The highest BCUT2D eigenvalue weighted by Crippen LogP contribution is 2.41. The number of benzene rings is 1. The lowest BCUT2D eigenvalue weighted by Crippen LogP contribution is -2.27. The molecule has 3 aromatic rings. The molecule has 1 unspecified atom stereocenters. The van der Waals surface area contributed by atoms with Gasteiger partial charge in [-0.1, -0.05) is 50.0 Å². The van der Waals surface area contributed by atoms with E-state index in [1.165, 1.54) is 17.7 Å². The van der Waals surface area contributed by atoms with Crippen molar-refractivity contribution in [2.75, 3.05) is 0 Å². The molecule has 1 atom stereocenters. The van der Waals surface area contributed by atoms with Gasteiger partial charge >= 0.3 is 0 Å². The molecule has 0 N–H and O–H groups in total. The van der Waals surface area contributed by atoms with Crippen molar-refractivity contribution in [3.63, 3.8) is 0 Å². The van der Waals surface area contributed by atoms with Gasteiger partial charge in [0.25, 0.3) is 0 Å². The van der Waals surface area contributed by atoms with Crippen molar-refractivity contribution in [2.24, 2.45) is 11.3 Å². The van der Waals surface area contributed by atoms with Gasteiger partial charge in [-0.05, 0) is 60.4 Å². The molecule has 0 radical (unpaired) electrons. The van der Waals surface area contributed by atoms with Gasteiger partial charge in [0.05, 0.1) is 22.0 Å². The van der Waals surface area contributed by atoms with Crippen molar-refractivity contribution >= 4 is 23.2 Å². The van der Waals surface area contributed by atoms with Crippen LogP contribution in [0.3, 0.4) is 0 Å². The second-order valence-corrected chi connectivity index (χ2v) is 9.04. The van der Waals surface area contributed by atoms with Crippen molar-refractivity contribution in [3.8, 4) is 17.1 Å². The maximum atomic E-state index is 6.29. The fraction of sp³-hybridized carbons (Fsp3) is 0.364. The Labute approximate surface area is 164 Å². The fourth-order valence-electron chi connectivity index (χ4n) is 3.99. The van der Waals surface area contributed by atoms with Crippen molar-refractivity contribution in [3.05, 3.63) is 64.0 Å². The fourth-order valence-corrected chi connectivity index (χ4v) is 4.28. The summed E-state index contributed by atoms with van der Waals surface area (Å²) >= 11 is 12.4. The number of hydrogen-bond donors (Lipinski definition) is 0. The standard InChI is InChI=1S/C22H23Cl2NO/c1-22(2,3)16-7-9-19-15(11-16)13-20(25(19)21-5-4-10-26-21)14-6-8-17(23)18(24)12-14/h4-6,8,10,12-13,16H,7,9,11H2,1-3H3. The Bertz CT molecular complexity index is 932. The van der Waals surface area contributed by atoms with Gasteiger partial charge < -0.3 is 4.42 Å². The lowest BCUT2D eigenvalue weighted by atomic mass is 9.72. The lowest BCUT2D eigenvalue weighted by molar-refractivity contribution is 0.215. The van der Waals surface area contributed by atoms with Gasteiger partial charge in [0.1, 0.15) is 0 Å². The number of aromatic nitrogens is 1. The molecule has 0 saturated heterocycles. The lowest BCUT2D eigenvalue weighted by Gasteiger charge is -2.34. The van der Waals surface area contributed by atoms with Crippen LogP contribution in [0.15, 0.2) is 47.1 Å². The Hall–Kier alpha value is -1.64. The van der Waals surface area contributed by atoms with Crippen LogP contribution in [0.4, 0.5) is 0 Å². The summed E-state index contributed by atoms with van der Waals surface area (Å²) in [6.45, 7) is 7.02. The van der Waals surface area contributed by atoms with Crippen molar-refractivity contribution < 1.29 is 4.42 Å². The van der Waals surface area contributed by atoms with E-state index in [2.05, 4.69) is 31.4 Å². The highest BCUT2D eigenvalue weighted by atomic mass is 35.5. The van der Waals surface area contributed by atoms with Gasteiger partial charge in [0.15, 0.2) is 0 Å². The molecule has 4 heteroatoms. The maximum absolute atomic E-state index is 6.29. The van der Waals surface area contributed by atoms with Gasteiger partial charge in [0, 0.05) is 17.3 Å². The minimum atomic E-state index is 0.314. The molecular formula is C22H23Cl2NO. The summed E-state index contributed by atoms with van der Waals surface area (Å²) in [5, 5.41) is 1.14. The van der Waals surface area contributed by atoms with Gasteiger partial charge in [-0.3, -0.25) is 4.57 Å². The summed E-state index contributed by atoms with van der Waals surface area (Å²) in [6.07, 6.45) is 5.07. The highest BCUT2D eigenvalue weighted by Gasteiger charge is 2.32. The molecule has 26 heavy (non-hydrogen) atoms. The summed E-state index contributed by atoms with van der Waals surface area (Å²) in [5.41, 5.74) is 5.24. The Morgan fingerprint density at radius 1 is 1.08 bits per heavy atom. The van der Waals surface area contributed by atoms with Crippen LogP contribution in [0.25, 0.3) is 17.1 Å². The van der Waals surface area contributed by atoms with Crippen molar-refractivity contribution in [1.29, 1.82) is 0 Å². The second kappa shape index (κ2) is 6.51. The number of furan rings is 1. The third-order valence-electron chi connectivity index (χ3n) is 5.56. The van der Waals surface area contributed by atoms with Crippen LogP contribution in [0.2, 0.25) is 10.0 Å². The first kappa shape index (κ1) is 17.8. The molecule has 1 aliphatic rings. The molecule has 2 heterocycles. The third-order valence-corrected chi connectivity index (χ3v) is 6.29. The van der Waals surface area contributed by atoms with Gasteiger partial charge in [-0.2, -0.15) is 0 Å². The zero-order valence-corrected chi connectivity index (χ0v) is 16.9. The first-order valence-electron chi connectivity index (χ1n) is 9.07. The first-order valence-corrected chi connectivity index (χ1v) is 9.83. The molecule has 136 valence electrons. The Morgan fingerprint density at radius 3 is 2.54 bits per heavy atom. The Morgan fingerprint density at radius 2 is 1.88 bits per heavy atom. The summed E-state index contributed by atoms with van der Waals surface area (Å²) in [5.74, 6) is 1.53. The first-order chi connectivity index (χ1) is 12.3. The molecule has 0 fully saturated rings. The molecule has 1 aliphatic carbocycles. The molecule has 0 saturated carbocycles. The number of hydrogen-bond acceptors (Lipinski definition) is 1. The average molecular weight is 388 g/mol. The van der Waals surface area contributed by atoms with E-state index in [1.807, 2.05) is 30.3 Å². The molecule has 0 amide bonds. The van der Waals surface area contributed by atoms with Crippen LogP contribution >= 0.6 is 23.2 Å². The zero-order valence-electron chi connectivity index (χ0n) is 15.4. The number of nitrogens with zero attached hydrogens (tertiary/aromatic N) is 1. The van der Waals surface area contributed by atoms with E-state index < -0.39 is 0 Å². The largest absolute Gasteiger partial charge is 0.448 e. The van der Waals surface area contributed by atoms with Crippen LogP contribution in [0.1, 0.15) is 38.4 Å². The molecular weight excluding hydrogens is 365 g/mol. The third kappa shape index (κ3) is 3.10. The minimum Gasteiger partial charge on any atom is -0.448 e. The van der Waals surface area contributed by atoms with E-state index in [1.54, 1.807) is 6.26 Å². The smallest absolute Gasteiger partial charge is 0.203 e. The topological polar surface area (TPSA) is 18.1 Å². The number of halogens is 2. The molecule has 2 nitrogen and oxygen atoms in total. The van der Waals surface area contributed by atoms with Gasteiger partial charge in [-0.15, -0.1) is 0 Å². The molecule has 0 spiro atoms. The maximum Gasteiger partial charge on any atom is 0.203 e. The number of rotatable bonds is 2. The van der Waals surface area contributed by atoms with E-state index in [0.717, 1.165) is 30.0 Å². The molecule has 0 bridgehead atoms. The van der Waals surface area contributed by atoms with Crippen LogP contribution < -0.4 is 0 Å². The highest BCUT2D eigenvalue weighted by molar-refractivity contribution is 6.42. The van der Waals surface area contributed by atoms with E-state index >= 15 is 0 Å². The van der Waals surface area contributed by atoms with Gasteiger partial charge in [-0.25, -0.2) is 0 Å². The number of fused-ring (bicyclic) bond motifs is 1. The average Bonchev–Trinajstić information content (AvgIpc) is 3.22. The van der Waals surface area contributed by atoms with Gasteiger partial charge in [0.2, 0.25) is 5.88 Å². The van der Waals surface area contributed by atoms with E-state index in [0.29, 0.717) is 21.4 Å². The zero-order chi connectivity index (χ0) is 18.5. The Balaban J connectivity index is 1.87. The van der Waals surface area contributed by atoms with E-state index in [9.17, 15) is 0 Å². The SMILES string of the molecule is CC(C)(C)C1CCc2c(cc(-c3ccc(Cl)c(Cl)c3)n2-c2ccco2)C1. The summed E-state index contributed by atoms with van der Waals surface area (Å²) in [4.78, 5) is 0. The van der Waals surface area contributed by atoms with E-state index in [-0.39, 0.29) is 0 Å². The Kier molecular flexibility index (Phi) is 4.45. The summed E-state index contributed by atoms with van der Waals surface area (Å²) in [6, 6.07) is 12.1. The molecule has 0 aliphatic heterocycles. The summed E-state index contributed by atoms with van der Waals surface area (Å²) < 4.78 is 8.00. The summed E-state index contributed by atoms with van der Waals surface area (Å²) in [7, 11) is 0. The monoisotopic (exact) mass is 387 g/mol. The van der Waals surface area contributed by atoms with Crippen LogP contribution in [-0.2, 0) is 12.8 Å². The van der Waals surface area contributed by atoms with Crippen LogP contribution in [-0.4, -0.2) is 4.57 Å². The van der Waals surface area contributed by atoms with Crippen LogP contribution in [0, 0.1) is 11.3 Å². The molecule has 1 aromatic carbocycles. The second-order valence-electron chi connectivity index (χ2n) is 8.22. The van der Waals surface area contributed by atoms with E-state index in [4.69, 9.17) is 27.6 Å². The molecule has 2 aromatic heterocycles.